The Balaban J connectivity index is 2.13. The van der Waals surface area contributed by atoms with Gasteiger partial charge in [0.1, 0.15) is 0 Å². The van der Waals surface area contributed by atoms with Crippen molar-refractivity contribution >= 4 is 11.8 Å². The van der Waals surface area contributed by atoms with E-state index in [4.69, 9.17) is 4.74 Å². The second kappa shape index (κ2) is 6.46. The Morgan fingerprint density at radius 1 is 1.69 bits per heavy atom. The first kappa shape index (κ1) is 11.1. The van der Waals surface area contributed by atoms with Gasteiger partial charge in [0.25, 0.3) is 0 Å². The third-order valence-corrected chi connectivity index (χ3v) is 2.91. The summed E-state index contributed by atoms with van der Waals surface area (Å²) in [5.74, 6) is 1.17. The zero-order valence-electron chi connectivity index (χ0n) is 8.51. The van der Waals surface area contributed by atoms with Gasteiger partial charge in [-0.05, 0) is 25.2 Å². The van der Waals surface area contributed by atoms with Crippen LogP contribution in [0.2, 0.25) is 0 Å². The highest BCUT2D eigenvalue weighted by Crippen LogP contribution is 2.05. The van der Waals surface area contributed by atoms with Crippen LogP contribution in [-0.2, 0) is 4.74 Å². The molecule has 2 nitrogen and oxygen atoms in total. The average molecular weight is 201 g/mol. The number of ether oxygens (including phenoxy) is 1. The van der Waals surface area contributed by atoms with E-state index in [0.29, 0.717) is 6.04 Å². The van der Waals surface area contributed by atoms with E-state index in [1.807, 2.05) is 11.8 Å². The minimum Gasteiger partial charge on any atom is -0.377 e. The first-order valence-electron chi connectivity index (χ1n) is 4.81. The summed E-state index contributed by atoms with van der Waals surface area (Å²) >= 11 is 1.88. The fraction of sp³-hybridized carbons (Fsp3) is 0.800. The molecule has 76 valence electrons. The molecule has 0 radical (unpaired) electrons. The second-order valence-electron chi connectivity index (χ2n) is 3.44. The van der Waals surface area contributed by atoms with Crippen LogP contribution in [0, 0.1) is 0 Å². The van der Waals surface area contributed by atoms with Gasteiger partial charge in [-0.2, -0.15) is 11.8 Å². The third-order valence-electron chi connectivity index (χ3n) is 2.08. The molecule has 0 spiro atoms. The lowest BCUT2D eigenvalue weighted by atomic mass is 10.2. The number of nitrogens with one attached hydrogen (secondary N) is 1. The highest BCUT2D eigenvalue weighted by atomic mass is 32.2. The molecule has 1 rings (SSSR count). The molecule has 1 heterocycles. The normalized spacial score (nSPS) is 19.7. The van der Waals surface area contributed by atoms with E-state index in [2.05, 4.69) is 24.6 Å². The molecule has 1 aliphatic rings. The van der Waals surface area contributed by atoms with Gasteiger partial charge in [0.2, 0.25) is 0 Å². The maximum absolute atomic E-state index is 5.36. The number of hydrogen-bond acceptors (Lipinski definition) is 3. The van der Waals surface area contributed by atoms with Gasteiger partial charge < -0.3 is 10.1 Å². The molecule has 0 aromatic heterocycles. The minimum atomic E-state index is 0.595. The van der Waals surface area contributed by atoms with Gasteiger partial charge in [0.15, 0.2) is 0 Å². The Bertz CT molecular complexity index is 170. The van der Waals surface area contributed by atoms with Crippen molar-refractivity contribution in [2.24, 2.45) is 0 Å². The van der Waals surface area contributed by atoms with Crippen molar-refractivity contribution in [3.8, 4) is 0 Å². The summed E-state index contributed by atoms with van der Waals surface area (Å²) in [6.07, 6.45) is 5.51. The summed E-state index contributed by atoms with van der Waals surface area (Å²) in [4.78, 5) is 0. The smallest absolute Gasteiger partial charge is 0.0689 e. The lowest BCUT2D eigenvalue weighted by Gasteiger charge is -2.17. The van der Waals surface area contributed by atoms with Crippen molar-refractivity contribution in [2.75, 3.05) is 31.8 Å². The summed E-state index contributed by atoms with van der Waals surface area (Å²) in [5, 5.41) is 3.48. The van der Waals surface area contributed by atoms with E-state index in [1.165, 1.54) is 11.3 Å². The van der Waals surface area contributed by atoms with Gasteiger partial charge in [-0.1, -0.05) is 6.08 Å². The first-order valence-corrected chi connectivity index (χ1v) is 6.20. The molecule has 1 aliphatic heterocycles. The summed E-state index contributed by atoms with van der Waals surface area (Å²) in [5.41, 5.74) is 1.40. The molecule has 0 fully saturated rings. The van der Waals surface area contributed by atoms with Crippen LogP contribution in [0.25, 0.3) is 0 Å². The topological polar surface area (TPSA) is 21.3 Å². The summed E-state index contributed by atoms with van der Waals surface area (Å²) in [6, 6.07) is 0.595. The zero-order valence-corrected chi connectivity index (χ0v) is 9.32. The Labute approximate surface area is 85.1 Å². The number of hydrogen-bond donors (Lipinski definition) is 1. The highest BCUT2D eigenvalue weighted by molar-refractivity contribution is 7.98. The molecule has 3 heteroatoms. The maximum atomic E-state index is 5.36. The monoisotopic (exact) mass is 201 g/mol. The number of rotatable bonds is 5. The average Bonchev–Trinajstić information content (AvgIpc) is 2.17. The van der Waals surface area contributed by atoms with Crippen LogP contribution in [0.1, 0.15) is 13.3 Å². The van der Waals surface area contributed by atoms with Gasteiger partial charge in [-0.15, -0.1) is 0 Å². The molecule has 13 heavy (non-hydrogen) atoms. The van der Waals surface area contributed by atoms with Gasteiger partial charge in [0, 0.05) is 18.3 Å². The van der Waals surface area contributed by atoms with E-state index < -0.39 is 0 Å². The Kier molecular flexibility index (Phi) is 5.51. The summed E-state index contributed by atoms with van der Waals surface area (Å²) in [6.45, 7) is 4.92. The molecule has 1 unspecified atom stereocenters. The van der Waals surface area contributed by atoms with Crippen molar-refractivity contribution in [2.45, 2.75) is 19.4 Å². The molecule has 1 N–H and O–H groups in total. The Morgan fingerprint density at radius 2 is 2.54 bits per heavy atom. The van der Waals surface area contributed by atoms with Crippen LogP contribution < -0.4 is 5.32 Å². The van der Waals surface area contributed by atoms with Gasteiger partial charge in [-0.3, -0.25) is 0 Å². The molecule has 0 saturated heterocycles. The van der Waals surface area contributed by atoms with Crippen molar-refractivity contribution in [3.63, 3.8) is 0 Å². The van der Waals surface area contributed by atoms with Crippen LogP contribution in [0.3, 0.4) is 0 Å². The van der Waals surface area contributed by atoms with E-state index in [9.17, 15) is 0 Å². The molecular weight excluding hydrogens is 182 g/mol. The SMILES string of the molecule is CSCC(C)NCC1=CCCOC1. The van der Waals surface area contributed by atoms with Crippen molar-refractivity contribution in [3.05, 3.63) is 11.6 Å². The minimum absolute atomic E-state index is 0.595. The maximum Gasteiger partial charge on any atom is 0.0689 e. The lowest BCUT2D eigenvalue weighted by Crippen LogP contribution is -2.31. The lowest BCUT2D eigenvalue weighted by molar-refractivity contribution is 0.148. The van der Waals surface area contributed by atoms with Crippen LogP contribution in [0.5, 0.6) is 0 Å². The number of thioether (sulfide) groups is 1. The van der Waals surface area contributed by atoms with E-state index in [-0.39, 0.29) is 0 Å². The van der Waals surface area contributed by atoms with Crippen molar-refractivity contribution < 1.29 is 4.74 Å². The molecule has 0 saturated carbocycles. The van der Waals surface area contributed by atoms with Crippen LogP contribution in [-0.4, -0.2) is 37.8 Å². The third kappa shape index (κ3) is 4.69. The van der Waals surface area contributed by atoms with Crippen molar-refractivity contribution in [1.82, 2.24) is 5.32 Å². The molecule has 0 amide bonds. The predicted octanol–water partition coefficient (Wildman–Crippen LogP) is 1.67. The highest BCUT2D eigenvalue weighted by Gasteiger charge is 2.05. The summed E-state index contributed by atoms with van der Waals surface area (Å²) < 4.78 is 5.36. The Hall–Kier alpha value is 0.01000. The fourth-order valence-electron chi connectivity index (χ4n) is 1.35. The van der Waals surface area contributed by atoms with Crippen LogP contribution in [0.15, 0.2) is 11.6 Å². The van der Waals surface area contributed by atoms with E-state index in [0.717, 1.165) is 26.2 Å². The molecule has 0 aromatic rings. The molecule has 0 aromatic carbocycles. The van der Waals surface area contributed by atoms with Crippen molar-refractivity contribution in [1.29, 1.82) is 0 Å². The van der Waals surface area contributed by atoms with Crippen LogP contribution >= 0.6 is 11.8 Å². The Morgan fingerprint density at radius 3 is 3.15 bits per heavy atom. The molecule has 0 bridgehead atoms. The van der Waals surface area contributed by atoms with E-state index >= 15 is 0 Å². The standard InChI is InChI=1S/C10H19NOS/c1-9(8-13-2)11-6-10-4-3-5-12-7-10/h4,9,11H,3,5-8H2,1-2H3. The largest absolute Gasteiger partial charge is 0.377 e. The quantitative estimate of drug-likeness (QED) is 0.684. The summed E-state index contributed by atoms with van der Waals surface area (Å²) in [7, 11) is 0. The fourth-order valence-corrected chi connectivity index (χ4v) is 1.96. The zero-order chi connectivity index (χ0) is 9.52. The first-order chi connectivity index (χ1) is 6.33. The van der Waals surface area contributed by atoms with E-state index in [1.54, 1.807) is 0 Å². The second-order valence-corrected chi connectivity index (χ2v) is 4.35. The van der Waals surface area contributed by atoms with Gasteiger partial charge in [-0.25, -0.2) is 0 Å². The molecule has 0 aliphatic carbocycles. The molecular formula is C10H19NOS. The van der Waals surface area contributed by atoms with Crippen LogP contribution in [0.4, 0.5) is 0 Å². The van der Waals surface area contributed by atoms with Gasteiger partial charge in [0.05, 0.1) is 13.2 Å². The van der Waals surface area contributed by atoms with Gasteiger partial charge >= 0.3 is 0 Å². The predicted molar refractivity (Wildman–Crippen MR) is 59.4 cm³/mol. The molecule has 1 atom stereocenters.